The third-order valence-electron chi connectivity index (χ3n) is 5.22. The van der Waals surface area contributed by atoms with Gasteiger partial charge in [-0.1, -0.05) is 18.2 Å². The van der Waals surface area contributed by atoms with E-state index in [1.54, 1.807) is 0 Å². The molecule has 0 bridgehead atoms. The van der Waals surface area contributed by atoms with Crippen LogP contribution in [0.2, 0.25) is 0 Å². The van der Waals surface area contributed by atoms with Gasteiger partial charge in [-0.15, -0.1) is 0 Å². The Morgan fingerprint density at radius 3 is 2.19 bits per heavy atom. The van der Waals surface area contributed by atoms with Crippen molar-refractivity contribution >= 4 is 5.69 Å². The number of aromatic nitrogens is 3. The third kappa shape index (κ3) is 4.03. The Morgan fingerprint density at radius 2 is 1.52 bits per heavy atom. The highest BCUT2D eigenvalue weighted by Gasteiger charge is 2.19. The fourth-order valence-electron chi connectivity index (χ4n) is 3.76. The SMILES string of the molecule is Cc1cc(N2CCN(Cc3cn(-c4ccccc4)nc3C)CC2)cc(C)n1. The molecule has 1 fully saturated rings. The van der Waals surface area contributed by atoms with Crippen molar-refractivity contribution in [3.05, 3.63) is 71.3 Å². The van der Waals surface area contributed by atoms with E-state index in [9.17, 15) is 0 Å². The average molecular weight is 361 g/mol. The topological polar surface area (TPSA) is 37.2 Å². The Bertz CT molecular complexity index is 887. The van der Waals surface area contributed by atoms with E-state index in [1.165, 1.54) is 11.3 Å². The highest BCUT2D eigenvalue weighted by atomic mass is 15.3. The van der Waals surface area contributed by atoms with Crippen LogP contribution in [0.4, 0.5) is 5.69 Å². The molecule has 3 aromatic rings. The molecule has 2 aromatic heterocycles. The van der Waals surface area contributed by atoms with Gasteiger partial charge in [0.15, 0.2) is 0 Å². The van der Waals surface area contributed by atoms with Crippen LogP contribution in [0.15, 0.2) is 48.7 Å². The van der Waals surface area contributed by atoms with Gasteiger partial charge in [0.25, 0.3) is 0 Å². The molecule has 0 spiro atoms. The summed E-state index contributed by atoms with van der Waals surface area (Å²) < 4.78 is 1.99. The van der Waals surface area contributed by atoms with Crippen molar-refractivity contribution < 1.29 is 0 Å². The van der Waals surface area contributed by atoms with Crippen LogP contribution in [0.5, 0.6) is 0 Å². The Labute approximate surface area is 161 Å². The maximum absolute atomic E-state index is 4.70. The van der Waals surface area contributed by atoms with Gasteiger partial charge >= 0.3 is 0 Å². The van der Waals surface area contributed by atoms with E-state index in [0.29, 0.717) is 0 Å². The number of piperazine rings is 1. The summed E-state index contributed by atoms with van der Waals surface area (Å²) in [6.45, 7) is 11.4. The number of hydrogen-bond donors (Lipinski definition) is 0. The van der Waals surface area contributed by atoms with E-state index >= 15 is 0 Å². The van der Waals surface area contributed by atoms with Gasteiger partial charge in [0.05, 0.1) is 11.4 Å². The summed E-state index contributed by atoms with van der Waals surface area (Å²) in [6, 6.07) is 14.7. The van der Waals surface area contributed by atoms with Gasteiger partial charge in [-0.25, -0.2) is 4.68 Å². The Hall–Kier alpha value is -2.66. The van der Waals surface area contributed by atoms with Crippen LogP contribution in [-0.4, -0.2) is 45.8 Å². The monoisotopic (exact) mass is 361 g/mol. The summed E-state index contributed by atoms with van der Waals surface area (Å²) in [5, 5.41) is 4.70. The second-order valence-electron chi connectivity index (χ2n) is 7.39. The number of hydrogen-bond acceptors (Lipinski definition) is 4. The van der Waals surface area contributed by atoms with Crippen LogP contribution >= 0.6 is 0 Å². The minimum absolute atomic E-state index is 0.959. The molecular formula is C22H27N5. The summed E-state index contributed by atoms with van der Waals surface area (Å²) in [5.41, 5.74) is 7.02. The number of nitrogens with zero attached hydrogens (tertiary/aromatic N) is 5. The van der Waals surface area contributed by atoms with Gasteiger partial charge < -0.3 is 4.90 Å². The fraction of sp³-hybridized carbons (Fsp3) is 0.364. The number of para-hydroxylation sites is 1. The lowest BCUT2D eigenvalue weighted by Gasteiger charge is -2.36. The minimum Gasteiger partial charge on any atom is -0.369 e. The van der Waals surface area contributed by atoms with Crippen LogP contribution in [0.3, 0.4) is 0 Å². The van der Waals surface area contributed by atoms with E-state index in [-0.39, 0.29) is 0 Å². The molecule has 27 heavy (non-hydrogen) atoms. The van der Waals surface area contributed by atoms with Crippen LogP contribution in [0, 0.1) is 20.8 Å². The minimum atomic E-state index is 0.959. The number of rotatable bonds is 4. The van der Waals surface area contributed by atoms with Gasteiger partial charge in [-0.05, 0) is 45.0 Å². The average Bonchev–Trinajstić information content (AvgIpc) is 3.03. The summed E-state index contributed by atoms with van der Waals surface area (Å²) in [4.78, 5) is 9.49. The van der Waals surface area contributed by atoms with Crippen molar-refractivity contribution in [3.8, 4) is 5.69 Å². The molecule has 4 rings (SSSR count). The maximum atomic E-state index is 4.70. The number of anilines is 1. The van der Waals surface area contributed by atoms with E-state index in [4.69, 9.17) is 5.10 Å². The summed E-state index contributed by atoms with van der Waals surface area (Å²) in [6.07, 6.45) is 2.17. The highest BCUT2D eigenvalue weighted by Crippen LogP contribution is 2.20. The van der Waals surface area contributed by atoms with Crippen molar-refractivity contribution in [1.29, 1.82) is 0 Å². The molecule has 1 aliphatic heterocycles. The molecule has 1 saturated heterocycles. The second-order valence-corrected chi connectivity index (χ2v) is 7.39. The molecular weight excluding hydrogens is 334 g/mol. The summed E-state index contributed by atoms with van der Waals surface area (Å²) in [7, 11) is 0. The molecule has 3 heterocycles. The molecule has 0 saturated carbocycles. The second kappa shape index (κ2) is 7.53. The van der Waals surface area contributed by atoms with Gasteiger partial charge in [0.2, 0.25) is 0 Å². The van der Waals surface area contributed by atoms with Gasteiger partial charge in [0, 0.05) is 61.6 Å². The normalized spacial score (nSPS) is 15.3. The Kier molecular flexibility index (Phi) is 4.94. The highest BCUT2D eigenvalue weighted by molar-refractivity contribution is 5.48. The van der Waals surface area contributed by atoms with E-state index in [0.717, 1.165) is 55.5 Å². The first-order chi connectivity index (χ1) is 13.1. The smallest absolute Gasteiger partial charge is 0.0645 e. The van der Waals surface area contributed by atoms with Crippen LogP contribution < -0.4 is 4.90 Å². The van der Waals surface area contributed by atoms with E-state index in [1.807, 2.05) is 22.9 Å². The first-order valence-electron chi connectivity index (χ1n) is 9.61. The van der Waals surface area contributed by atoms with Crippen molar-refractivity contribution in [3.63, 3.8) is 0 Å². The predicted molar refractivity (Wildman–Crippen MR) is 110 cm³/mol. The zero-order valence-corrected chi connectivity index (χ0v) is 16.4. The predicted octanol–water partition coefficient (Wildman–Crippen LogP) is 3.51. The lowest BCUT2D eigenvalue weighted by Crippen LogP contribution is -2.46. The van der Waals surface area contributed by atoms with Crippen molar-refractivity contribution in [2.75, 3.05) is 31.1 Å². The lowest BCUT2D eigenvalue weighted by molar-refractivity contribution is 0.249. The molecule has 0 atom stereocenters. The molecule has 140 valence electrons. The lowest BCUT2D eigenvalue weighted by atomic mass is 10.2. The number of aryl methyl sites for hydroxylation is 3. The first kappa shape index (κ1) is 17.7. The zero-order valence-electron chi connectivity index (χ0n) is 16.4. The van der Waals surface area contributed by atoms with Crippen molar-refractivity contribution in [2.24, 2.45) is 0 Å². The van der Waals surface area contributed by atoms with Gasteiger partial charge in [-0.2, -0.15) is 5.10 Å². The number of pyridine rings is 1. The maximum Gasteiger partial charge on any atom is 0.0645 e. The Morgan fingerprint density at radius 1 is 0.852 bits per heavy atom. The molecule has 0 unspecified atom stereocenters. The molecule has 5 nitrogen and oxygen atoms in total. The van der Waals surface area contributed by atoms with Crippen molar-refractivity contribution in [1.82, 2.24) is 19.7 Å². The molecule has 1 aliphatic rings. The van der Waals surface area contributed by atoms with Gasteiger partial charge in [-0.3, -0.25) is 9.88 Å². The Balaban J connectivity index is 1.40. The summed E-state index contributed by atoms with van der Waals surface area (Å²) in [5.74, 6) is 0. The van der Waals surface area contributed by atoms with Crippen LogP contribution in [-0.2, 0) is 6.54 Å². The van der Waals surface area contributed by atoms with E-state index in [2.05, 4.69) is 66.0 Å². The van der Waals surface area contributed by atoms with Crippen LogP contribution in [0.1, 0.15) is 22.6 Å². The number of benzene rings is 1. The molecule has 0 amide bonds. The quantitative estimate of drug-likeness (QED) is 0.713. The fourth-order valence-corrected chi connectivity index (χ4v) is 3.76. The standard InChI is InChI=1S/C22H27N5/c1-17-13-22(14-18(2)23-17)26-11-9-25(10-12-26)15-20-16-27(24-19(20)3)21-7-5-4-6-8-21/h4-8,13-14,16H,9-12,15H2,1-3H3. The molecule has 5 heteroatoms. The largest absolute Gasteiger partial charge is 0.369 e. The molecule has 0 radical (unpaired) electrons. The van der Waals surface area contributed by atoms with E-state index < -0.39 is 0 Å². The van der Waals surface area contributed by atoms with Gasteiger partial charge in [0.1, 0.15) is 0 Å². The van der Waals surface area contributed by atoms with Crippen molar-refractivity contribution in [2.45, 2.75) is 27.3 Å². The first-order valence-corrected chi connectivity index (χ1v) is 9.61. The summed E-state index contributed by atoms with van der Waals surface area (Å²) >= 11 is 0. The molecule has 1 aromatic carbocycles. The third-order valence-corrected chi connectivity index (χ3v) is 5.22. The van der Waals surface area contributed by atoms with Crippen LogP contribution in [0.25, 0.3) is 5.69 Å². The molecule has 0 aliphatic carbocycles. The molecule has 0 N–H and O–H groups in total. The zero-order chi connectivity index (χ0) is 18.8.